The minimum Gasteiger partial charge on any atom is -0.369 e. The van der Waals surface area contributed by atoms with Gasteiger partial charge in [-0.2, -0.15) is 9.57 Å². The predicted octanol–water partition coefficient (Wildman–Crippen LogP) is 2.72. The molecule has 2 aromatic rings. The molecule has 0 amide bonds. The van der Waals surface area contributed by atoms with E-state index in [1.54, 1.807) is 24.3 Å². The van der Waals surface area contributed by atoms with E-state index < -0.39 is 10.0 Å². The fourth-order valence-electron chi connectivity index (χ4n) is 2.69. The van der Waals surface area contributed by atoms with E-state index in [9.17, 15) is 8.42 Å². The zero-order valence-corrected chi connectivity index (χ0v) is 14.5. The Morgan fingerprint density at radius 2 is 1.50 bits per heavy atom. The number of rotatable bonds is 3. The molecule has 0 N–H and O–H groups in total. The van der Waals surface area contributed by atoms with Crippen molar-refractivity contribution >= 4 is 27.3 Å². The van der Waals surface area contributed by atoms with Crippen LogP contribution in [0.25, 0.3) is 0 Å². The van der Waals surface area contributed by atoms with Crippen LogP contribution in [0.15, 0.2) is 53.4 Å². The highest BCUT2D eigenvalue weighted by Gasteiger charge is 2.28. The summed E-state index contributed by atoms with van der Waals surface area (Å²) in [6.45, 7) is 2.06. The second-order valence-corrected chi connectivity index (χ2v) is 7.88. The monoisotopic (exact) mass is 361 g/mol. The van der Waals surface area contributed by atoms with Gasteiger partial charge in [0.05, 0.1) is 16.5 Å². The molecule has 0 aromatic heterocycles. The summed E-state index contributed by atoms with van der Waals surface area (Å²) in [6, 6.07) is 15.6. The van der Waals surface area contributed by atoms with Crippen LogP contribution in [0.3, 0.4) is 0 Å². The maximum absolute atomic E-state index is 12.7. The van der Waals surface area contributed by atoms with Crippen molar-refractivity contribution in [3.8, 4) is 6.07 Å². The van der Waals surface area contributed by atoms with Crippen LogP contribution in [0.4, 0.5) is 5.69 Å². The Bertz CT molecular complexity index is 850. The van der Waals surface area contributed by atoms with E-state index in [0.717, 1.165) is 5.69 Å². The molecule has 1 fully saturated rings. The number of benzene rings is 2. The topological polar surface area (TPSA) is 64.4 Å². The highest BCUT2D eigenvalue weighted by molar-refractivity contribution is 7.89. The van der Waals surface area contributed by atoms with Crippen molar-refractivity contribution in [2.24, 2.45) is 0 Å². The van der Waals surface area contributed by atoms with Crippen molar-refractivity contribution in [1.29, 1.82) is 5.26 Å². The third kappa shape index (κ3) is 3.39. The van der Waals surface area contributed by atoms with Gasteiger partial charge in [-0.25, -0.2) is 8.42 Å². The second kappa shape index (κ2) is 6.81. The summed E-state index contributed by atoms with van der Waals surface area (Å²) in [6.07, 6.45) is 0. The average molecular weight is 362 g/mol. The number of nitriles is 1. The van der Waals surface area contributed by atoms with Crippen LogP contribution >= 0.6 is 11.6 Å². The predicted molar refractivity (Wildman–Crippen MR) is 93.6 cm³/mol. The molecular formula is C17H16ClN3O2S. The SMILES string of the molecule is N#Cc1ccc(N2CCN(S(=O)(=O)c3ccc(Cl)cc3)CC2)cc1. The Balaban J connectivity index is 1.70. The first-order valence-electron chi connectivity index (χ1n) is 7.51. The molecule has 0 bridgehead atoms. The van der Waals surface area contributed by atoms with E-state index in [1.807, 2.05) is 12.1 Å². The minimum absolute atomic E-state index is 0.263. The third-order valence-corrected chi connectivity index (χ3v) is 6.22. The van der Waals surface area contributed by atoms with Crippen molar-refractivity contribution in [3.05, 3.63) is 59.1 Å². The molecule has 0 aliphatic carbocycles. The number of nitrogens with zero attached hydrogens (tertiary/aromatic N) is 3. The molecule has 0 radical (unpaired) electrons. The van der Waals surface area contributed by atoms with Gasteiger partial charge in [0.1, 0.15) is 0 Å². The van der Waals surface area contributed by atoms with Gasteiger partial charge in [0.15, 0.2) is 0 Å². The molecule has 5 nitrogen and oxygen atoms in total. The third-order valence-electron chi connectivity index (χ3n) is 4.05. The quantitative estimate of drug-likeness (QED) is 0.843. The normalized spacial score (nSPS) is 15.9. The van der Waals surface area contributed by atoms with Gasteiger partial charge in [-0.15, -0.1) is 0 Å². The Labute approximate surface area is 146 Å². The number of hydrogen-bond acceptors (Lipinski definition) is 4. The number of sulfonamides is 1. The minimum atomic E-state index is -3.49. The summed E-state index contributed by atoms with van der Waals surface area (Å²) in [7, 11) is -3.49. The molecule has 0 unspecified atom stereocenters. The molecule has 0 atom stereocenters. The number of hydrogen-bond donors (Lipinski definition) is 0. The molecular weight excluding hydrogens is 346 g/mol. The summed E-state index contributed by atoms with van der Waals surface area (Å²) < 4.78 is 26.8. The molecule has 0 saturated carbocycles. The van der Waals surface area contributed by atoms with Crippen LogP contribution in [-0.2, 0) is 10.0 Å². The van der Waals surface area contributed by atoms with Gasteiger partial charge >= 0.3 is 0 Å². The largest absolute Gasteiger partial charge is 0.369 e. The summed E-state index contributed by atoms with van der Waals surface area (Å²) in [5.74, 6) is 0. The zero-order valence-electron chi connectivity index (χ0n) is 12.9. The van der Waals surface area contributed by atoms with Crippen LogP contribution in [0, 0.1) is 11.3 Å². The molecule has 124 valence electrons. The van der Waals surface area contributed by atoms with Crippen LogP contribution in [-0.4, -0.2) is 38.9 Å². The second-order valence-electron chi connectivity index (χ2n) is 5.50. The van der Waals surface area contributed by atoms with Crippen LogP contribution in [0.1, 0.15) is 5.56 Å². The van der Waals surface area contributed by atoms with Crippen molar-refractivity contribution in [2.75, 3.05) is 31.1 Å². The first kappa shape index (κ1) is 16.8. The van der Waals surface area contributed by atoms with Crippen molar-refractivity contribution in [1.82, 2.24) is 4.31 Å². The Hall–Kier alpha value is -2.07. The highest BCUT2D eigenvalue weighted by atomic mass is 35.5. The summed E-state index contributed by atoms with van der Waals surface area (Å²) in [4.78, 5) is 2.38. The van der Waals surface area contributed by atoms with Crippen LogP contribution < -0.4 is 4.90 Å². The molecule has 0 spiro atoms. The number of piperazine rings is 1. The first-order valence-corrected chi connectivity index (χ1v) is 9.33. The number of halogens is 1. The standard InChI is InChI=1S/C17H16ClN3O2S/c18-15-3-7-17(8-4-15)24(22,23)21-11-9-20(10-12-21)16-5-1-14(13-19)2-6-16/h1-8H,9-12H2. The van der Waals surface area contributed by atoms with Gasteiger partial charge in [-0.1, -0.05) is 11.6 Å². The van der Waals surface area contributed by atoms with E-state index in [4.69, 9.17) is 16.9 Å². The Morgan fingerprint density at radius 1 is 0.917 bits per heavy atom. The van der Waals surface area contributed by atoms with Gasteiger partial charge in [0.2, 0.25) is 10.0 Å². The maximum atomic E-state index is 12.7. The molecule has 3 rings (SSSR count). The smallest absolute Gasteiger partial charge is 0.243 e. The lowest BCUT2D eigenvalue weighted by Crippen LogP contribution is -2.48. The van der Waals surface area contributed by atoms with Gasteiger partial charge in [0, 0.05) is 36.9 Å². The Morgan fingerprint density at radius 3 is 2.04 bits per heavy atom. The van der Waals surface area contributed by atoms with Gasteiger partial charge in [0.25, 0.3) is 0 Å². The lowest BCUT2D eigenvalue weighted by Gasteiger charge is -2.35. The molecule has 1 aliphatic rings. The molecule has 24 heavy (non-hydrogen) atoms. The van der Waals surface area contributed by atoms with E-state index in [-0.39, 0.29) is 4.90 Å². The van der Waals surface area contributed by atoms with E-state index >= 15 is 0 Å². The molecule has 1 heterocycles. The van der Waals surface area contributed by atoms with E-state index in [1.165, 1.54) is 16.4 Å². The lowest BCUT2D eigenvalue weighted by atomic mass is 10.2. The molecule has 1 saturated heterocycles. The van der Waals surface area contributed by atoms with E-state index in [0.29, 0.717) is 36.8 Å². The van der Waals surface area contributed by atoms with Crippen molar-refractivity contribution < 1.29 is 8.42 Å². The highest BCUT2D eigenvalue weighted by Crippen LogP contribution is 2.22. The first-order chi connectivity index (χ1) is 11.5. The maximum Gasteiger partial charge on any atom is 0.243 e. The summed E-state index contributed by atoms with van der Waals surface area (Å²) >= 11 is 5.82. The van der Waals surface area contributed by atoms with Crippen LogP contribution in [0.2, 0.25) is 5.02 Å². The van der Waals surface area contributed by atoms with E-state index in [2.05, 4.69) is 11.0 Å². The van der Waals surface area contributed by atoms with Crippen molar-refractivity contribution in [3.63, 3.8) is 0 Å². The molecule has 7 heteroatoms. The molecule has 1 aliphatic heterocycles. The van der Waals surface area contributed by atoms with Crippen molar-refractivity contribution in [2.45, 2.75) is 4.90 Å². The fraction of sp³-hybridized carbons (Fsp3) is 0.235. The summed E-state index contributed by atoms with van der Waals surface area (Å²) in [5, 5.41) is 9.36. The number of anilines is 1. The van der Waals surface area contributed by atoms with Crippen LogP contribution in [0.5, 0.6) is 0 Å². The van der Waals surface area contributed by atoms with Gasteiger partial charge in [-0.05, 0) is 48.5 Å². The Kier molecular flexibility index (Phi) is 4.76. The summed E-state index contributed by atoms with van der Waals surface area (Å²) in [5.41, 5.74) is 1.61. The van der Waals surface area contributed by atoms with Gasteiger partial charge < -0.3 is 4.90 Å². The zero-order chi connectivity index (χ0) is 17.2. The molecule has 2 aromatic carbocycles. The fourth-order valence-corrected chi connectivity index (χ4v) is 4.24. The van der Waals surface area contributed by atoms with Gasteiger partial charge in [-0.3, -0.25) is 0 Å². The lowest BCUT2D eigenvalue weighted by molar-refractivity contribution is 0.385. The average Bonchev–Trinajstić information content (AvgIpc) is 2.62.